The van der Waals surface area contributed by atoms with Gasteiger partial charge in [0.05, 0.1) is 11.2 Å². The second-order valence-corrected chi connectivity index (χ2v) is 8.72. The summed E-state index contributed by atoms with van der Waals surface area (Å²) in [5.74, 6) is 0. The van der Waals surface area contributed by atoms with Crippen molar-refractivity contribution in [3.63, 3.8) is 0 Å². The molecular formula is C21H36N2O2. The minimum Gasteiger partial charge on any atom is -0.390 e. The first-order chi connectivity index (χ1) is 11.7. The zero-order valence-electron chi connectivity index (χ0n) is 16.5. The van der Waals surface area contributed by atoms with E-state index in [9.17, 15) is 10.2 Å². The summed E-state index contributed by atoms with van der Waals surface area (Å²) >= 11 is 0. The standard InChI is InChI=1S/C21H36N2O2/c1-20(2,24)12-10-18-6-8-19(9-7-18)16-23-14-5-11-21(25,13-15-23)17-22(3)4/h6-9,24-25H,5,10-17H2,1-4H3/t21-/m0/s1. The van der Waals surface area contributed by atoms with Crippen LogP contribution in [-0.2, 0) is 13.0 Å². The van der Waals surface area contributed by atoms with Gasteiger partial charge in [-0.05, 0) is 77.7 Å². The number of rotatable bonds is 7. The van der Waals surface area contributed by atoms with Crippen LogP contribution in [0.5, 0.6) is 0 Å². The van der Waals surface area contributed by atoms with Gasteiger partial charge in [-0.2, -0.15) is 0 Å². The maximum Gasteiger partial charge on any atom is 0.0786 e. The third-order valence-corrected chi connectivity index (χ3v) is 5.08. The van der Waals surface area contributed by atoms with E-state index in [-0.39, 0.29) is 0 Å². The summed E-state index contributed by atoms with van der Waals surface area (Å²) in [6.07, 6.45) is 4.47. The number of likely N-dealkylation sites (N-methyl/N-ethyl adjacent to an activating group) is 1. The molecule has 4 nitrogen and oxygen atoms in total. The zero-order valence-corrected chi connectivity index (χ0v) is 16.5. The fraction of sp³-hybridized carbons (Fsp3) is 0.714. The van der Waals surface area contributed by atoms with Crippen molar-refractivity contribution in [3.8, 4) is 0 Å². The predicted molar refractivity (Wildman–Crippen MR) is 104 cm³/mol. The molecule has 1 aliphatic heterocycles. The van der Waals surface area contributed by atoms with Crippen LogP contribution in [0.2, 0.25) is 0 Å². The summed E-state index contributed by atoms with van der Waals surface area (Å²) in [4.78, 5) is 4.54. The monoisotopic (exact) mass is 348 g/mol. The fourth-order valence-corrected chi connectivity index (χ4v) is 3.66. The first-order valence-corrected chi connectivity index (χ1v) is 9.55. The van der Waals surface area contributed by atoms with Crippen molar-refractivity contribution in [1.29, 1.82) is 0 Å². The molecule has 0 aliphatic carbocycles. The number of aliphatic hydroxyl groups is 2. The van der Waals surface area contributed by atoms with Crippen molar-refractivity contribution in [2.45, 2.75) is 63.7 Å². The third-order valence-electron chi connectivity index (χ3n) is 5.08. The first kappa shape index (κ1) is 20.4. The maximum absolute atomic E-state index is 10.8. The summed E-state index contributed by atoms with van der Waals surface area (Å²) in [5.41, 5.74) is 1.46. The van der Waals surface area contributed by atoms with Gasteiger partial charge in [0, 0.05) is 19.6 Å². The largest absolute Gasteiger partial charge is 0.390 e. The zero-order chi connectivity index (χ0) is 18.5. The highest BCUT2D eigenvalue weighted by molar-refractivity contribution is 5.22. The van der Waals surface area contributed by atoms with E-state index >= 15 is 0 Å². The molecule has 4 heteroatoms. The van der Waals surface area contributed by atoms with Gasteiger partial charge in [-0.15, -0.1) is 0 Å². The molecule has 0 spiro atoms. The summed E-state index contributed by atoms with van der Waals surface area (Å²) in [6, 6.07) is 8.77. The van der Waals surface area contributed by atoms with Crippen molar-refractivity contribution in [2.75, 3.05) is 33.7 Å². The molecule has 1 aliphatic rings. The maximum atomic E-state index is 10.8. The molecule has 1 aromatic rings. The predicted octanol–water partition coefficient (Wildman–Crippen LogP) is 2.67. The Balaban J connectivity index is 1.85. The lowest BCUT2D eigenvalue weighted by atomic mass is 9.94. The van der Waals surface area contributed by atoms with Crippen LogP contribution in [0.1, 0.15) is 50.7 Å². The van der Waals surface area contributed by atoms with Gasteiger partial charge in [0.2, 0.25) is 0 Å². The van der Waals surface area contributed by atoms with E-state index in [0.29, 0.717) is 0 Å². The molecule has 0 aromatic heterocycles. The van der Waals surface area contributed by atoms with Crippen molar-refractivity contribution in [1.82, 2.24) is 9.80 Å². The van der Waals surface area contributed by atoms with Crippen LogP contribution in [0.4, 0.5) is 0 Å². The Morgan fingerprint density at radius 1 is 1.08 bits per heavy atom. The van der Waals surface area contributed by atoms with Gasteiger partial charge in [-0.3, -0.25) is 4.90 Å². The molecule has 1 heterocycles. The molecule has 1 fully saturated rings. The van der Waals surface area contributed by atoms with Crippen LogP contribution in [-0.4, -0.2) is 64.9 Å². The Morgan fingerprint density at radius 3 is 2.32 bits per heavy atom. The van der Waals surface area contributed by atoms with Gasteiger partial charge in [0.1, 0.15) is 0 Å². The molecule has 1 saturated heterocycles. The number of hydrogen-bond donors (Lipinski definition) is 2. The highest BCUT2D eigenvalue weighted by atomic mass is 16.3. The molecule has 0 bridgehead atoms. The van der Waals surface area contributed by atoms with Crippen molar-refractivity contribution in [2.24, 2.45) is 0 Å². The van der Waals surface area contributed by atoms with E-state index in [0.717, 1.165) is 58.3 Å². The Bertz CT molecular complexity index is 522. The normalized spacial score (nSPS) is 23.0. The van der Waals surface area contributed by atoms with Crippen LogP contribution in [0.3, 0.4) is 0 Å². The van der Waals surface area contributed by atoms with E-state index in [1.54, 1.807) is 0 Å². The van der Waals surface area contributed by atoms with E-state index in [1.807, 2.05) is 27.9 Å². The second kappa shape index (κ2) is 8.63. The van der Waals surface area contributed by atoms with Gasteiger partial charge in [-0.25, -0.2) is 0 Å². The Hall–Kier alpha value is -0.940. The Morgan fingerprint density at radius 2 is 1.72 bits per heavy atom. The summed E-state index contributed by atoms with van der Waals surface area (Å²) in [5, 5.41) is 20.6. The van der Waals surface area contributed by atoms with Gasteiger partial charge in [0.25, 0.3) is 0 Å². The van der Waals surface area contributed by atoms with Gasteiger partial charge in [0.15, 0.2) is 0 Å². The van der Waals surface area contributed by atoms with Crippen LogP contribution >= 0.6 is 0 Å². The number of aryl methyl sites for hydroxylation is 1. The van der Waals surface area contributed by atoms with Crippen LogP contribution in [0.15, 0.2) is 24.3 Å². The fourth-order valence-electron chi connectivity index (χ4n) is 3.66. The Kier molecular flexibility index (Phi) is 7.03. The summed E-state index contributed by atoms with van der Waals surface area (Å²) in [6.45, 7) is 7.41. The molecule has 1 aromatic carbocycles. The van der Waals surface area contributed by atoms with Crippen molar-refractivity contribution >= 4 is 0 Å². The number of likely N-dealkylation sites (tertiary alicyclic amines) is 1. The Labute approximate surface area is 153 Å². The third kappa shape index (κ3) is 7.45. The lowest BCUT2D eigenvalue weighted by Gasteiger charge is -2.30. The van der Waals surface area contributed by atoms with E-state index < -0.39 is 11.2 Å². The molecule has 0 radical (unpaired) electrons. The molecule has 25 heavy (non-hydrogen) atoms. The molecular weight excluding hydrogens is 312 g/mol. The smallest absolute Gasteiger partial charge is 0.0786 e. The molecule has 0 unspecified atom stereocenters. The molecule has 0 saturated carbocycles. The SMILES string of the molecule is CN(C)C[C@]1(O)CCCN(Cc2ccc(CCC(C)(C)O)cc2)CC1. The van der Waals surface area contributed by atoms with E-state index in [1.165, 1.54) is 11.1 Å². The average Bonchev–Trinajstić information content (AvgIpc) is 2.67. The molecule has 1 atom stereocenters. The quantitative estimate of drug-likeness (QED) is 0.795. The second-order valence-electron chi connectivity index (χ2n) is 8.72. The molecule has 142 valence electrons. The number of benzene rings is 1. The minimum atomic E-state index is -0.603. The summed E-state index contributed by atoms with van der Waals surface area (Å²) in [7, 11) is 4.06. The highest BCUT2D eigenvalue weighted by Gasteiger charge is 2.30. The number of nitrogens with zero attached hydrogens (tertiary/aromatic N) is 2. The lowest BCUT2D eigenvalue weighted by molar-refractivity contribution is 0.00257. The van der Waals surface area contributed by atoms with Gasteiger partial charge < -0.3 is 15.1 Å². The molecule has 2 N–H and O–H groups in total. The molecule has 2 rings (SSSR count). The van der Waals surface area contributed by atoms with E-state index in [4.69, 9.17) is 0 Å². The van der Waals surface area contributed by atoms with Crippen LogP contribution < -0.4 is 0 Å². The van der Waals surface area contributed by atoms with Crippen LogP contribution in [0, 0.1) is 0 Å². The van der Waals surface area contributed by atoms with Gasteiger partial charge >= 0.3 is 0 Å². The average molecular weight is 349 g/mol. The number of hydrogen-bond acceptors (Lipinski definition) is 4. The van der Waals surface area contributed by atoms with E-state index in [2.05, 4.69) is 34.1 Å². The summed E-state index contributed by atoms with van der Waals surface area (Å²) < 4.78 is 0. The highest BCUT2D eigenvalue weighted by Crippen LogP contribution is 2.24. The molecule has 0 amide bonds. The van der Waals surface area contributed by atoms with Gasteiger partial charge in [-0.1, -0.05) is 24.3 Å². The van der Waals surface area contributed by atoms with Crippen molar-refractivity contribution in [3.05, 3.63) is 35.4 Å². The lowest BCUT2D eigenvalue weighted by Crippen LogP contribution is -2.40. The minimum absolute atomic E-state index is 0.542. The van der Waals surface area contributed by atoms with Crippen LogP contribution in [0.25, 0.3) is 0 Å². The topological polar surface area (TPSA) is 46.9 Å². The van der Waals surface area contributed by atoms with Crippen molar-refractivity contribution < 1.29 is 10.2 Å². The first-order valence-electron chi connectivity index (χ1n) is 9.55.